The second-order valence-electron chi connectivity index (χ2n) is 6.21. The van der Waals surface area contributed by atoms with Crippen molar-refractivity contribution in [3.8, 4) is 0 Å². The zero-order chi connectivity index (χ0) is 11.7. The number of hydrogen-bond donors (Lipinski definition) is 2. The molecule has 3 rings (SSSR count). The highest BCUT2D eigenvalue weighted by molar-refractivity contribution is 5.26. The van der Waals surface area contributed by atoms with E-state index in [1.165, 1.54) is 44.9 Å². The number of aliphatic hydroxyl groups excluding tert-OH is 1. The minimum atomic E-state index is -0.0535. The van der Waals surface area contributed by atoms with Crippen molar-refractivity contribution in [1.29, 1.82) is 0 Å². The highest BCUT2D eigenvalue weighted by atomic mass is 16.3. The first-order valence-corrected chi connectivity index (χ1v) is 7.45. The van der Waals surface area contributed by atoms with E-state index in [9.17, 15) is 5.11 Å². The summed E-state index contributed by atoms with van der Waals surface area (Å²) in [7, 11) is 0. The molecule has 17 heavy (non-hydrogen) atoms. The average molecular weight is 235 g/mol. The Bertz CT molecular complexity index is 304. The third kappa shape index (κ3) is 2.74. The van der Waals surface area contributed by atoms with Crippen molar-refractivity contribution in [3.63, 3.8) is 0 Å². The molecule has 0 radical (unpaired) electrons. The van der Waals surface area contributed by atoms with E-state index >= 15 is 0 Å². The first-order valence-electron chi connectivity index (χ1n) is 7.45. The number of aliphatic hydroxyl groups is 1. The molecule has 3 aliphatic carbocycles. The molecule has 0 aromatic rings. The maximum Gasteiger partial charge on any atom is 0.0580 e. The molecule has 0 bridgehead atoms. The van der Waals surface area contributed by atoms with Crippen LogP contribution >= 0.6 is 0 Å². The van der Waals surface area contributed by atoms with Gasteiger partial charge in [0.1, 0.15) is 0 Å². The van der Waals surface area contributed by atoms with Gasteiger partial charge >= 0.3 is 0 Å². The minimum Gasteiger partial charge on any atom is -0.393 e. The van der Waals surface area contributed by atoms with Gasteiger partial charge in [-0.15, -0.1) is 0 Å². The van der Waals surface area contributed by atoms with Gasteiger partial charge in [-0.2, -0.15) is 0 Å². The first kappa shape index (κ1) is 11.7. The predicted octanol–water partition coefficient (Wildman–Crippen LogP) is 2.91. The Morgan fingerprint density at radius 1 is 0.824 bits per heavy atom. The van der Waals surface area contributed by atoms with Crippen LogP contribution in [0.2, 0.25) is 0 Å². The number of nitrogens with one attached hydrogen (secondary N) is 1. The lowest BCUT2D eigenvalue weighted by Crippen LogP contribution is -2.38. The zero-order valence-electron chi connectivity index (χ0n) is 10.8. The van der Waals surface area contributed by atoms with Crippen molar-refractivity contribution in [3.05, 3.63) is 11.1 Å². The molecule has 0 amide bonds. The van der Waals surface area contributed by atoms with Crippen LogP contribution in [0.25, 0.3) is 0 Å². The molecule has 1 fully saturated rings. The fourth-order valence-electron chi connectivity index (χ4n) is 3.91. The van der Waals surface area contributed by atoms with E-state index < -0.39 is 0 Å². The highest BCUT2D eigenvalue weighted by Crippen LogP contribution is 2.37. The lowest BCUT2D eigenvalue weighted by molar-refractivity contribution is 0.158. The molecule has 2 N–H and O–H groups in total. The summed E-state index contributed by atoms with van der Waals surface area (Å²) in [5, 5.41) is 13.6. The highest BCUT2D eigenvalue weighted by Gasteiger charge is 2.30. The van der Waals surface area contributed by atoms with Gasteiger partial charge in [0.05, 0.1) is 6.10 Å². The van der Waals surface area contributed by atoms with Gasteiger partial charge in [-0.3, -0.25) is 0 Å². The SMILES string of the molecule is O[C@@H]1CCC2=C(C1)C[C@@H](NC1CCCCC1)C2. The Labute approximate surface area is 104 Å². The van der Waals surface area contributed by atoms with Crippen molar-refractivity contribution in [2.45, 2.75) is 82.4 Å². The Morgan fingerprint density at radius 3 is 2.41 bits per heavy atom. The Kier molecular flexibility index (Phi) is 3.53. The molecule has 96 valence electrons. The monoisotopic (exact) mass is 235 g/mol. The molecule has 0 aliphatic heterocycles. The molecule has 1 saturated carbocycles. The summed E-state index contributed by atoms with van der Waals surface area (Å²) >= 11 is 0. The molecule has 0 aromatic heterocycles. The van der Waals surface area contributed by atoms with Crippen LogP contribution in [0.1, 0.15) is 64.2 Å². The van der Waals surface area contributed by atoms with Crippen LogP contribution in [0.3, 0.4) is 0 Å². The summed E-state index contributed by atoms with van der Waals surface area (Å²) in [5.74, 6) is 0. The molecule has 0 aromatic carbocycles. The fourth-order valence-corrected chi connectivity index (χ4v) is 3.91. The normalized spacial score (nSPS) is 35.1. The van der Waals surface area contributed by atoms with E-state index in [0.29, 0.717) is 6.04 Å². The van der Waals surface area contributed by atoms with Gasteiger partial charge in [0, 0.05) is 12.1 Å². The van der Waals surface area contributed by atoms with Gasteiger partial charge in [-0.25, -0.2) is 0 Å². The maximum atomic E-state index is 9.71. The quantitative estimate of drug-likeness (QED) is 0.721. The van der Waals surface area contributed by atoms with Crippen molar-refractivity contribution in [2.24, 2.45) is 0 Å². The number of rotatable bonds is 2. The standard InChI is InChI=1S/C15H25NO/c17-15-7-6-11-8-14(9-12(11)10-15)16-13-4-2-1-3-5-13/h13-17H,1-10H2/t14-,15+/m0/s1. The third-order valence-corrected chi connectivity index (χ3v) is 4.82. The van der Waals surface area contributed by atoms with Crippen LogP contribution < -0.4 is 5.32 Å². The Hall–Kier alpha value is -0.340. The molecule has 0 heterocycles. The third-order valence-electron chi connectivity index (χ3n) is 4.82. The van der Waals surface area contributed by atoms with E-state index in [1.807, 2.05) is 0 Å². The second kappa shape index (κ2) is 5.11. The lowest BCUT2D eigenvalue weighted by atomic mass is 9.92. The summed E-state index contributed by atoms with van der Waals surface area (Å²) in [5.41, 5.74) is 3.25. The van der Waals surface area contributed by atoms with Crippen LogP contribution in [0, 0.1) is 0 Å². The fraction of sp³-hybridized carbons (Fsp3) is 0.867. The van der Waals surface area contributed by atoms with Gasteiger partial charge in [0.15, 0.2) is 0 Å². The Balaban J connectivity index is 1.52. The molecule has 3 aliphatic rings. The lowest BCUT2D eigenvalue weighted by Gasteiger charge is -2.26. The van der Waals surface area contributed by atoms with Crippen LogP contribution in [-0.4, -0.2) is 23.3 Å². The van der Waals surface area contributed by atoms with Gasteiger partial charge in [-0.1, -0.05) is 30.4 Å². The van der Waals surface area contributed by atoms with Crippen molar-refractivity contribution in [1.82, 2.24) is 5.32 Å². The molecular formula is C15H25NO. The molecular weight excluding hydrogens is 210 g/mol. The number of hydrogen-bond acceptors (Lipinski definition) is 2. The molecule has 0 spiro atoms. The van der Waals surface area contributed by atoms with Crippen LogP contribution in [-0.2, 0) is 0 Å². The van der Waals surface area contributed by atoms with Crippen molar-refractivity contribution < 1.29 is 5.11 Å². The zero-order valence-corrected chi connectivity index (χ0v) is 10.8. The first-order chi connectivity index (χ1) is 8.31. The predicted molar refractivity (Wildman–Crippen MR) is 69.9 cm³/mol. The second-order valence-corrected chi connectivity index (χ2v) is 6.21. The topological polar surface area (TPSA) is 32.3 Å². The summed E-state index contributed by atoms with van der Waals surface area (Å²) in [4.78, 5) is 0. The summed E-state index contributed by atoms with van der Waals surface area (Å²) < 4.78 is 0. The maximum absolute atomic E-state index is 9.71. The molecule has 0 unspecified atom stereocenters. The Morgan fingerprint density at radius 2 is 1.59 bits per heavy atom. The summed E-state index contributed by atoms with van der Waals surface area (Å²) in [6.45, 7) is 0. The average Bonchev–Trinajstić information content (AvgIpc) is 2.71. The largest absolute Gasteiger partial charge is 0.393 e. The van der Waals surface area contributed by atoms with E-state index in [2.05, 4.69) is 5.32 Å². The van der Waals surface area contributed by atoms with Gasteiger partial charge in [0.2, 0.25) is 0 Å². The van der Waals surface area contributed by atoms with Crippen LogP contribution in [0.5, 0.6) is 0 Å². The van der Waals surface area contributed by atoms with Gasteiger partial charge in [-0.05, 0) is 44.9 Å². The van der Waals surface area contributed by atoms with E-state index in [0.717, 1.165) is 25.3 Å². The molecule has 2 nitrogen and oxygen atoms in total. The van der Waals surface area contributed by atoms with Crippen molar-refractivity contribution >= 4 is 0 Å². The van der Waals surface area contributed by atoms with Crippen LogP contribution in [0.15, 0.2) is 11.1 Å². The van der Waals surface area contributed by atoms with Crippen molar-refractivity contribution in [2.75, 3.05) is 0 Å². The summed E-state index contributed by atoms with van der Waals surface area (Å²) in [6.07, 6.45) is 12.5. The molecule has 2 atom stereocenters. The molecule has 2 heteroatoms. The van der Waals surface area contributed by atoms with E-state index in [-0.39, 0.29) is 6.10 Å². The van der Waals surface area contributed by atoms with Gasteiger partial charge in [0.25, 0.3) is 0 Å². The summed E-state index contributed by atoms with van der Waals surface area (Å²) in [6, 6.07) is 1.47. The molecule has 0 saturated heterocycles. The van der Waals surface area contributed by atoms with E-state index in [1.54, 1.807) is 11.1 Å². The minimum absolute atomic E-state index is 0.0535. The van der Waals surface area contributed by atoms with E-state index in [4.69, 9.17) is 0 Å². The smallest absolute Gasteiger partial charge is 0.0580 e. The van der Waals surface area contributed by atoms with Gasteiger partial charge < -0.3 is 10.4 Å². The van der Waals surface area contributed by atoms with Crippen LogP contribution in [0.4, 0.5) is 0 Å².